The SMILES string of the molecule is C[13C](=O)[13C](=O)[13CH2][13C](=O)O. The lowest BCUT2D eigenvalue weighted by Gasteiger charge is -1.86. The van der Waals surface area contributed by atoms with Crippen LogP contribution < -0.4 is 0 Å². The Hall–Kier alpha value is -1.19. The van der Waals surface area contributed by atoms with Crippen molar-refractivity contribution in [3.05, 3.63) is 0 Å². The number of hydrogen-bond acceptors (Lipinski definition) is 3. The quantitative estimate of drug-likeness (QED) is 0.324. The largest absolute Gasteiger partial charge is 0.481 e. The van der Waals surface area contributed by atoms with Crippen LogP contribution in [0.2, 0.25) is 0 Å². The van der Waals surface area contributed by atoms with Gasteiger partial charge in [0.25, 0.3) is 0 Å². The average Bonchev–Trinajstić information content (AvgIpc) is 1.63. The summed E-state index contributed by atoms with van der Waals surface area (Å²) in [5, 5.41) is 7.96. The van der Waals surface area contributed by atoms with Gasteiger partial charge in [-0.15, -0.1) is 0 Å². The van der Waals surface area contributed by atoms with Crippen LogP contribution >= 0.6 is 0 Å². The van der Waals surface area contributed by atoms with Crippen LogP contribution in [0.15, 0.2) is 0 Å². The zero-order valence-electron chi connectivity index (χ0n) is 4.88. The molecule has 0 aliphatic carbocycles. The van der Waals surface area contributed by atoms with Gasteiger partial charge >= 0.3 is 5.97 Å². The highest BCUT2D eigenvalue weighted by atomic mass is 16.5. The van der Waals surface area contributed by atoms with Crippen LogP contribution in [0, 0.1) is 0 Å². The van der Waals surface area contributed by atoms with Crippen LogP contribution in [-0.4, -0.2) is 22.6 Å². The van der Waals surface area contributed by atoms with Gasteiger partial charge in [-0.2, -0.15) is 0 Å². The molecule has 0 amide bonds. The Morgan fingerprint density at radius 2 is 1.78 bits per heavy atom. The van der Waals surface area contributed by atoms with Gasteiger partial charge in [-0.3, -0.25) is 14.4 Å². The number of carbonyl (C=O) groups is 3. The molecular weight excluding hydrogens is 128 g/mol. The van der Waals surface area contributed by atoms with Crippen molar-refractivity contribution < 1.29 is 19.5 Å². The molecule has 0 radical (unpaired) electrons. The van der Waals surface area contributed by atoms with Gasteiger partial charge in [0.2, 0.25) is 5.78 Å². The third-order valence-electron chi connectivity index (χ3n) is 0.704. The minimum Gasteiger partial charge on any atom is -0.481 e. The molecule has 50 valence electrons. The summed E-state index contributed by atoms with van der Waals surface area (Å²) in [6.45, 7) is 1.05. The van der Waals surface area contributed by atoms with Crippen molar-refractivity contribution >= 4 is 17.5 Å². The van der Waals surface area contributed by atoms with E-state index in [2.05, 4.69) is 0 Å². The van der Waals surface area contributed by atoms with Gasteiger partial charge in [-0.1, -0.05) is 0 Å². The summed E-state index contributed by atoms with van der Waals surface area (Å²) in [7, 11) is 0. The van der Waals surface area contributed by atoms with Crippen LogP contribution in [0.3, 0.4) is 0 Å². The second kappa shape index (κ2) is 2.96. The van der Waals surface area contributed by atoms with Crippen molar-refractivity contribution in [1.29, 1.82) is 0 Å². The predicted molar refractivity (Wildman–Crippen MR) is 27.9 cm³/mol. The Morgan fingerprint density at radius 1 is 1.33 bits per heavy atom. The third-order valence-corrected chi connectivity index (χ3v) is 0.704. The molecule has 0 fully saturated rings. The van der Waals surface area contributed by atoms with Crippen LogP contribution in [0.5, 0.6) is 0 Å². The van der Waals surface area contributed by atoms with E-state index in [1.807, 2.05) is 0 Å². The first-order chi connectivity index (χ1) is 4.04. The van der Waals surface area contributed by atoms with Crippen molar-refractivity contribution in [2.24, 2.45) is 0 Å². The van der Waals surface area contributed by atoms with Crippen molar-refractivity contribution in [2.75, 3.05) is 0 Å². The van der Waals surface area contributed by atoms with E-state index in [1.165, 1.54) is 0 Å². The Labute approximate surface area is 51.5 Å². The van der Waals surface area contributed by atoms with Crippen LogP contribution in [0.4, 0.5) is 0 Å². The standard InChI is InChI=1S/C5H6O4/c1-3(6)4(7)2-5(8)9/h2H2,1H3,(H,8,9)/i2+1,3+1,4+1,5+1. The van der Waals surface area contributed by atoms with Gasteiger partial charge in [0.1, 0.15) is 6.42 Å². The number of aliphatic carboxylic acids is 1. The van der Waals surface area contributed by atoms with E-state index in [-0.39, 0.29) is 0 Å². The fraction of sp³-hybridized carbons (Fsp3) is 0.400. The lowest BCUT2D eigenvalue weighted by molar-refractivity contribution is -0.144. The first kappa shape index (κ1) is 7.81. The predicted octanol–water partition coefficient (Wildman–Crippen LogP) is -0.381. The number of carboxylic acids is 1. The first-order valence-electron chi connectivity index (χ1n) is 2.29. The van der Waals surface area contributed by atoms with E-state index < -0.39 is 24.0 Å². The highest BCUT2D eigenvalue weighted by Gasteiger charge is 2.11. The fourth-order valence-electron chi connectivity index (χ4n) is 0.262. The molecule has 0 atom stereocenters. The molecule has 9 heavy (non-hydrogen) atoms. The van der Waals surface area contributed by atoms with Crippen molar-refractivity contribution in [2.45, 2.75) is 13.3 Å². The second-order valence-corrected chi connectivity index (χ2v) is 1.55. The molecular formula is C5H6O4. The topological polar surface area (TPSA) is 71.4 Å². The molecule has 0 unspecified atom stereocenters. The molecule has 0 aromatic rings. The Kier molecular flexibility index (Phi) is 2.57. The van der Waals surface area contributed by atoms with Gasteiger partial charge in [0.05, 0.1) is 0 Å². The first-order valence-corrected chi connectivity index (χ1v) is 2.29. The van der Waals surface area contributed by atoms with Crippen LogP contribution in [0.25, 0.3) is 0 Å². The molecule has 0 aliphatic rings. The molecule has 1 N–H and O–H groups in total. The molecule has 0 saturated heterocycles. The zero-order valence-corrected chi connectivity index (χ0v) is 4.88. The lowest BCUT2D eigenvalue weighted by atomic mass is 11.0. The summed E-state index contributed by atoms with van der Waals surface area (Å²) in [5.41, 5.74) is 0. The van der Waals surface area contributed by atoms with E-state index in [0.717, 1.165) is 6.92 Å². The minimum atomic E-state index is -1.27. The minimum absolute atomic E-state index is 0.699. The molecule has 0 aromatic carbocycles. The zero-order chi connectivity index (χ0) is 7.44. The molecule has 0 bridgehead atoms. The van der Waals surface area contributed by atoms with E-state index >= 15 is 0 Å². The number of carboxylic acid groups (broad SMARTS) is 1. The van der Waals surface area contributed by atoms with E-state index in [4.69, 9.17) is 5.11 Å². The summed E-state index contributed by atoms with van der Waals surface area (Å²) in [5.74, 6) is -2.84. The van der Waals surface area contributed by atoms with Gasteiger partial charge < -0.3 is 5.11 Å². The van der Waals surface area contributed by atoms with Crippen molar-refractivity contribution in [1.82, 2.24) is 0 Å². The third kappa shape index (κ3) is 3.40. The summed E-state index contributed by atoms with van der Waals surface area (Å²) in [4.78, 5) is 30.0. The lowest BCUT2D eigenvalue weighted by Crippen LogP contribution is -2.13. The summed E-state index contributed by atoms with van der Waals surface area (Å²) < 4.78 is 0. The highest BCUT2D eigenvalue weighted by molar-refractivity contribution is 6.38. The van der Waals surface area contributed by atoms with Crippen molar-refractivity contribution in [3.8, 4) is 0 Å². The van der Waals surface area contributed by atoms with Crippen molar-refractivity contribution in [3.63, 3.8) is 0 Å². The van der Waals surface area contributed by atoms with E-state index in [9.17, 15) is 14.4 Å². The number of hydrogen-bond donors (Lipinski definition) is 1. The molecule has 4 nitrogen and oxygen atoms in total. The van der Waals surface area contributed by atoms with Gasteiger partial charge in [0, 0.05) is 6.92 Å². The highest BCUT2D eigenvalue weighted by Crippen LogP contribution is 1.83. The summed E-state index contributed by atoms with van der Waals surface area (Å²) in [6.07, 6.45) is -0.699. The number of Topliss-reactive ketones (excluding diaryl/α,β-unsaturated/α-hetero) is 2. The number of rotatable bonds is 3. The van der Waals surface area contributed by atoms with Gasteiger partial charge in [-0.25, -0.2) is 0 Å². The van der Waals surface area contributed by atoms with E-state index in [0.29, 0.717) is 0 Å². The fourth-order valence-corrected chi connectivity index (χ4v) is 0.262. The second-order valence-electron chi connectivity index (χ2n) is 1.55. The van der Waals surface area contributed by atoms with E-state index in [1.54, 1.807) is 0 Å². The summed E-state index contributed by atoms with van der Waals surface area (Å²) in [6, 6.07) is 0. The molecule has 4 heteroatoms. The maximum absolute atomic E-state index is 10.2. The normalized spacial score (nSPS) is 8.56. The molecule has 0 rings (SSSR count). The maximum Gasteiger partial charge on any atom is 0.311 e. The molecule has 0 saturated carbocycles. The smallest absolute Gasteiger partial charge is 0.311 e. The molecule has 0 aromatic heterocycles. The molecule has 0 spiro atoms. The Morgan fingerprint density at radius 3 is 1.89 bits per heavy atom. The van der Waals surface area contributed by atoms with Gasteiger partial charge in [-0.05, 0) is 0 Å². The molecule has 0 aliphatic heterocycles. The van der Waals surface area contributed by atoms with Gasteiger partial charge in [0.15, 0.2) is 5.78 Å². The Balaban J connectivity index is 3.79. The Bertz CT molecular complexity index is 158. The maximum atomic E-state index is 10.2. The monoisotopic (exact) mass is 134 g/mol. The number of carbonyl (C=O) groups excluding carboxylic acids is 2. The average molecular weight is 134 g/mol. The molecule has 0 heterocycles. The van der Waals surface area contributed by atoms with Crippen LogP contribution in [0.1, 0.15) is 13.3 Å². The summed E-state index contributed by atoms with van der Waals surface area (Å²) >= 11 is 0. The van der Waals surface area contributed by atoms with Crippen LogP contribution in [-0.2, 0) is 14.4 Å². The number of ketones is 2.